The molecule has 0 aromatic rings. The minimum absolute atomic E-state index is 0.0140. The fourth-order valence-corrected chi connectivity index (χ4v) is 2.54. The average Bonchev–Trinajstić information content (AvgIpc) is 3.19. The lowest BCUT2D eigenvalue weighted by atomic mass is 10.3. The zero-order valence-electron chi connectivity index (χ0n) is 16.1. The zero-order chi connectivity index (χ0) is 22.1. The molecule has 2 rings (SSSR count). The van der Waals surface area contributed by atoms with Gasteiger partial charge >= 0.3 is 18.0 Å². The molecule has 0 aliphatic carbocycles. The predicted octanol–water partition coefficient (Wildman–Crippen LogP) is -0.940. The molecule has 2 aliphatic heterocycles. The molecule has 0 spiro atoms. The van der Waals surface area contributed by atoms with E-state index < -0.39 is 41.6 Å². The van der Waals surface area contributed by atoms with Crippen molar-refractivity contribution >= 4 is 41.6 Å². The Morgan fingerprint density at radius 3 is 1.33 bits per heavy atom. The highest BCUT2D eigenvalue weighted by Gasteiger charge is 2.33. The minimum Gasteiger partial charge on any atom is -0.338 e. The van der Waals surface area contributed by atoms with E-state index in [1.54, 1.807) is 0 Å². The van der Waals surface area contributed by atoms with Gasteiger partial charge in [-0.25, -0.2) is 14.4 Å². The Kier molecular flexibility index (Phi) is 8.26. The van der Waals surface area contributed by atoms with E-state index in [1.807, 2.05) is 0 Å². The number of nitrogens with one attached hydrogen (secondary N) is 2. The van der Waals surface area contributed by atoms with Gasteiger partial charge in [0.05, 0.1) is 0 Å². The number of rotatable bonds is 10. The highest BCUT2D eigenvalue weighted by Crippen LogP contribution is 2.13. The van der Waals surface area contributed by atoms with Crippen molar-refractivity contribution in [3.8, 4) is 0 Å². The number of hydroxylamine groups is 4. The maximum Gasteiger partial charge on any atom is 0.333 e. The highest BCUT2D eigenvalue weighted by atomic mass is 16.7. The van der Waals surface area contributed by atoms with Crippen LogP contribution in [-0.2, 0) is 38.4 Å². The summed E-state index contributed by atoms with van der Waals surface area (Å²) in [5.74, 6) is -3.76. The Morgan fingerprint density at radius 1 is 0.667 bits per heavy atom. The Bertz CT molecular complexity index is 660. The maximum atomic E-state index is 11.6. The number of amides is 6. The van der Waals surface area contributed by atoms with Crippen LogP contribution in [0.5, 0.6) is 0 Å². The van der Waals surface area contributed by atoms with Gasteiger partial charge in [-0.15, -0.1) is 10.1 Å². The first-order chi connectivity index (χ1) is 14.3. The van der Waals surface area contributed by atoms with E-state index in [1.165, 1.54) is 0 Å². The number of urea groups is 1. The molecule has 0 aromatic heterocycles. The van der Waals surface area contributed by atoms with Crippen molar-refractivity contribution in [2.45, 2.75) is 51.4 Å². The number of hydrogen-bond acceptors (Lipinski definition) is 9. The second-order valence-electron chi connectivity index (χ2n) is 6.48. The van der Waals surface area contributed by atoms with Crippen LogP contribution in [0.15, 0.2) is 0 Å². The molecule has 164 valence electrons. The SMILES string of the molecule is O=C(NCCCC(=O)ON1C(=O)CCC1=O)NCCCC(=O)ON1C(=O)CCC1=O. The van der Waals surface area contributed by atoms with Gasteiger partial charge in [-0.2, -0.15) is 0 Å². The summed E-state index contributed by atoms with van der Waals surface area (Å²) in [7, 11) is 0. The lowest BCUT2D eigenvalue weighted by molar-refractivity contribution is -0.197. The summed E-state index contributed by atoms with van der Waals surface area (Å²) in [6.07, 6.45) is 0.313. The van der Waals surface area contributed by atoms with E-state index in [-0.39, 0.29) is 64.5 Å². The molecule has 0 aromatic carbocycles. The topological polar surface area (TPSA) is 168 Å². The van der Waals surface area contributed by atoms with Gasteiger partial charge in [-0.05, 0) is 12.8 Å². The summed E-state index contributed by atoms with van der Waals surface area (Å²) in [6, 6.07) is -0.522. The molecule has 0 radical (unpaired) electrons. The highest BCUT2D eigenvalue weighted by molar-refractivity contribution is 6.02. The molecular weight excluding hydrogens is 404 g/mol. The van der Waals surface area contributed by atoms with Crippen molar-refractivity contribution in [1.82, 2.24) is 20.8 Å². The molecule has 0 saturated carbocycles. The molecule has 6 amide bonds. The van der Waals surface area contributed by atoms with Crippen LogP contribution in [-0.4, -0.2) is 64.8 Å². The van der Waals surface area contributed by atoms with Crippen LogP contribution < -0.4 is 10.6 Å². The van der Waals surface area contributed by atoms with Gasteiger partial charge in [0, 0.05) is 51.6 Å². The molecule has 2 N–H and O–H groups in total. The standard InChI is InChI=1S/C17H22N4O9/c22-11-5-6-12(23)20(11)29-15(26)3-1-9-18-17(28)19-10-2-4-16(27)30-21-13(24)7-8-14(21)25/h1-10H2,(H2,18,19,28). The Morgan fingerprint density at radius 2 is 1.00 bits per heavy atom. The van der Waals surface area contributed by atoms with E-state index in [0.717, 1.165) is 0 Å². The summed E-state index contributed by atoms with van der Waals surface area (Å²) >= 11 is 0. The second kappa shape index (κ2) is 10.9. The number of imide groups is 2. The molecule has 2 heterocycles. The summed E-state index contributed by atoms with van der Waals surface area (Å²) in [5.41, 5.74) is 0. The molecule has 2 saturated heterocycles. The first-order valence-electron chi connectivity index (χ1n) is 9.43. The molecule has 0 atom stereocenters. The first-order valence-corrected chi connectivity index (χ1v) is 9.43. The minimum atomic E-state index is -0.755. The third-order valence-corrected chi connectivity index (χ3v) is 4.08. The van der Waals surface area contributed by atoms with Crippen molar-refractivity contribution in [3.05, 3.63) is 0 Å². The van der Waals surface area contributed by atoms with Gasteiger partial charge in [0.15, 0.2) is 0 Å². The number of nitrogens with zero attached hydrogens (tertiary/aromatic N) is 2. The van der Waals surface area contributed by atoms with Crippen LogP contribution in [0.4, 0.5) is 4.79 Å². The van der Waals surface area contributed by atoms with Gasteiger partial charge in [0.1, 0.15) is 0 Å². The Balaban J connectivity index is 1.49. The average molecular weight is 426 g/mol. The number of carbonyl (C=O) groups is 7. The maximum absolute atomic E-state index is 11.6. The van der Waals surface area contributed by atoms with Crippen molar-refractivity contribution in [2.75, 3.05) is 13.1 Å². The molecule has 0 unspecified atom stereocenters. The molecule has 0 bridgehead atoms. The fraction of sp³-hybridized carbons (Fsp3) is 0.588. The van der Waals surface area contributed by atoms with Crippen LogP contribution in [0.2, 0.25) is 0 Å². The van der Waals surface area contributed by atoms with Gasteiger partial charge in [0.2, 0.25) is 0 Å². The van der Waals surface area contributed by atoms with Crippen LogP contribution in [0.3, 0.4) is 0 Å². The summed E-state index contributed by atoms with van der Waals surface area (Å²) < 4.78 is 0. The Labute approximate surface area is 170 Å². The van der Waals surface area contributed by atoms with Gasteiger partial charge in [-0.1, -0.05) is 0 Å². The van der Waals surface area contributed by atoms with E-state index >= 15 is 0 Å². The molecule has 13 heteroatoms. The van der Waals surface area contributed by atoms with E-state index in [0.29, 0.717) is 10.1 Å². The predicted molar refractivity (Wildman–Crippen MR) is 94.2 cm³/mol. The van der Waals surface area contributed by atoms with Gasteiger partial charge < -0.3 is 20.3 Å². The zero-order valence-corrected chi connectivity index (χ0v) is 16.1. The van der Waals surface area contributed by atoms with Crippen molar-refractivity contribution in [2.24, 2.45) is 0 Å². The third-order valence-electron chi connectivity index (χ3n) is 4.08. The number of carbonyl (C=O) groups excluding carboxylic acids is 7. The molecule has 13 nitrogen and oxygen atoms in total. The molecule has 2 aliphatic rings. The monoisotopic (exact) mass is 426 g/mol. The van der Waals surface area contributed by atoms with E-state index in [4.69, 9.17) is 0 Å². The van der Waals surface area contributed by atoms with Crippen molar-refractivity contribution in [1.29, 1.82) is 0 Å². The molecule has 2 fully saturated rings. The smallest absolute Gasteiger partial charge is 0.333 e. The van der Waals surface area contributed by atoms with Crippen molar-refractivity contribution in [3.63, 3.8) is 0 Å². The fourth-order valence-electron chi connectivity index (χ4n) is 2.54. The lowest BCUT2D eigenvalue weighted by Crippen LogP contribution is -2.37. The summed E-state index contributed by atoms with van der Waals surface area (Å²) in [5, 5.41) is 5.90. The van der Waals surface area contributed by atoms with Crippen LogP contribution >= 0.6 is 0 Å². The van der Waals surface area contributed by atoms with E-state index in [9.17, 15) is 33.6 Å². The largest absolute Gasteiger partial charge is 0.338 e. The first kappa shape index (κ1) is 22.8. The molecular formula is C17H22N4O9. The Hall–Kier alpha value is -3.51. The van der Waals surface area contributed by atoms with E-state index in [2.05, 4.69) is 20.3 Å². The summed E-state index contributed by atoms with van der Waals surface area (Å²) in [4.78, 5) is 89.4. The van der Waals surface area contributed by atoms with Crippen LogP contribution in [0.1, 0.15) is 51.4 Å². The quantitative estimate of drug-likeness (QED) is 0.331. The van der Waals surface area contributed by atoms with Crippen molar-refractivity contribution < 1.29 is 43.2 Å². The third kappa shape index (κ3) is 6.83. The normalized spacial score (nSPS) is 16.1. The van der Waals surface area contributed by atoms with Crippen LogP contribution in [0.25, 0.3) is 0 Å². The summed E-state index contributed by atoms with van der Waals surface area (Å²) in [6.45, 7) is 0.286. The van der Waals surface area contributed by atoms with Crippen LogP contribution in [0, 0.1) is 0 Å². The number of hydrogen-bond donors (Lipinski definition) is 2. The van der Waals surface area contributed by atoms with Gasteiger partial charge in [0.25, 0.3) is 23.6 Å². The lowest BCUT2D eigenvalue weighted by Gasteiger charge is -2.13. The molecule has 30 heavy (non-hydrogen) atoms. The second-order valence-corrected chi connectivity index (χ2v) is 6.48. The van der Waals surface area contributed by atoms with Gasteiger partial charge in [-0.3, -0.25) is 19.2 Å².